The Hall–Kier alpha value is -2.80. The molecule has 3 rings (SSSR count). The normalized spacial score (nSPS) is 10.7. The molecule has 3 aromatic rings. The third-order valence-corrected chi connectivity index (χ3v) is 4.88. The van der Waals surface area contributed by atoms with Crippen LogP contribution in [0, 0.1) is 12.7 Å². The highest BCUT2D eigenvalue weighted by Gasteiger charge is 2.20. The van der Waals surface area contributed by atoms with Crippen molar-refractivity contribution in [2.75, 3.05) is 7.05 Å². The molecule has 0 saturated heterocycles. The predicted octanol–water partition coefficient (Wildman–Crippen LogP) is 3.71. The number of aromatic nitrogens is 2. The molecule has 0 unspecified atom stereocenters. The van der Waals surface area contributed by atoms with Crippen molar-refractivity contribution >= 4 is 21.8 Å². The molecule has 27 heavy (non-hydrogen) atoms. The zero-order valence-electron chi connectivity index (χ0n) is 14.8. The van der Waals surface area contributed by atoms with Gasteiger partial charge in [0.1, 0.15) is 11.5 Å². The van der Waals surface area contributed by atoms with Crippen molar-refractivity contribution in [2.45, 2.75) is 13.5 Å². The molecule has 0 N–H and O–H groups in total. The molecule has 0 radical (unpaired) electrons. The Kier molecular flexibility index (Phi) is 5.51. The molecule has 0 bridgehead atoms. The lowest BCUT2D eigenvalue weighted by Crippen LogP contribution is -2.33. The molecule has 0 atom stereocenters. The van der Waals surface area contributed by atoms with Gasteiger partial charge in [-0.25, -0.2) is 9.07 Å². The summed E-state index contributed by atoms with van der Waals surface area (Å²) < 4.78 is 16.3. The van der Waals surface area contributed by atoms with Crippen LogP contribution in [-0.4, -0.2) is 27.6 Å². The Morgan fingerprint density at radius 2 is 1.85 bits per heavy atom. The number of amides is 1. The first kappa shape index (κ1) is 19.0. The third kappa shape index (κ3) is 3.98. The summed E-state index contributed by atoms with van der Waals surface area (Å²) in [5.41, 5.74) is 0.768. The molecule has 2 aromatic carbocycles. The zero-order chi connectivity index (χ0) is 19.6. The van der Waals surface area contributed by atoms with Crippen LogP contribution in [-0.2, 0) is 6.54 Å². The number of carbonyl (C=O) groups is 1. The van der Waals surface area contributed by atoms with E-state index in [9.17, 15) is 14.0 Å². The van der Waals surface area contributed by atoms with E-state index >= 15 is 0 Å². The van der Waals surface area contributed by atoms with Crippen LogP contribution < -0.4 is 5.43 Å². The number of nitrogens with zero attached hydrogens (tertiary/aromatic N) is 3. The van der Waals surface area contributed by atoms with Gasteiger partial charge in [0.2, 0.25) is 5.43 Å². The number of carbonyl (C=O) groups excluding carboxylic acids is 1. The third-order valence-electron chi connectivity index (χ3n) is 4.10. The van der Waals surface area contributed by atoms with Crippen molar-refractivity contribution in [3.05, 3.63) is 92.1 Å². The van der Waals surface area contributed by atoms with Crippen LogP contribution >= 0.6 is 15.9 Å². The van der Waals surface area contributed by atoms with E-state index in [4.69, 9.17) is 0 Å². The Morgan fingerprint density at radius 1 is 1.19 bits per heavy atom. The fourth-order valence-electron chi connectivity index (χ4n) is 2.70. The highest BCUT2D eigenvalue weighted by molar-refractivity contribution is 9.10. The highest BCUT2D eigenvalue weighted by atomic mass is 79.9. The lowest BCUT2D eigenvalue weighted by molar-refractivity contribution is 0.0775. The smallest absolute Gasteiger partial charge is 0.278 e. The van der Waals surface area contributed by atoms with E-state index < -0.39 is 17.2 Å². The molecule has 0 aliphatic rings. The van der Waals surface area contributed by atoms with Gasteiger partial charge in [-0.1, -0.05) is 46.3 Å². The summed E-state index contributed by atoms with van der Waals surface area (Å²) in [6.45, 7) is 1.94. The average molecular weight is 430 g/mol. The molecule has 138 valence electrons. The summed E-state index contributed by atoms with van der Waals surface area (Å²) in [7, 11) is 1.59. The van der Waals surface area contributed by atoms with Crippen molar-refractivity contribution < 1.29 is 9.18 Å². The van der Waals surface area contributed by atoms with E-state index in [0.717, 1.165) is 10.0 Å². The second-order valence-electron chi connectivity index (χ2n) is 6.11. The van der Waals surface area contributed by atoms with Gasteiger partial charge >= 0.3 is 0 Å². The number of hydrogen-bond acceptors (Lipinski definition) is 3. The van der Waals surface area contributed by atoms with Gasteiger partial charge in [-0.15, -0.1) is 0 Å². The van der Waals surface area contributed by atoms with Crippen molar-refractivity contribution in [3.8, 4) is 5.69 Å². The minimum absolute atomic E-state index is 0.178. The minimum Gasteiger partial charge on any atom is -0.336 e. The lowest BCUT2D eigenvalue weighted by Gasteiger charge is -2.18. The predicted molar refractivity (Wildman–Crippen MR) is 104 cm³/mol. The Bertz CT molecular complexity index is 1070. The molecule has 0 fully saturated rings. The largest absolute Gasteiger partial charge is 0.336 e. The van der Waals surface area contributed by atoms with E-state index in [1.165, 1.54) is 21.7 Å². The maximum atomic E-state index is 14.1. The summed E-state index contributed by atoms with van der Waals surface area (Å²) in [5, 5.41) is 4.15. The number of halogens is 2. The molecule has 0 spiro atoms. The van der Waals surface area contributed by atoms with Gasteiger partial charge in [0.15, 0.2) is 5.69 Å². The Balaban J connectivity index is 1.98. The number of benzene rings is 2. The van der Waals surface area contributed by atoms with E-state index in [-0.39, 0.29) is 11.4 Å². The van der Waals surface area contributed by atoms with E-state index in [1.807, 2.05) is 24.3 Å². The van der Waals surface area contributed by atoms with Gasteiger partial charge < -0.3 is 4.90 Å². The van der Waals surface area contributed by atoms with E-state index in [1.54, 1.807) is 32.2 Å². The Morgan fingerprint density at radius 3 is 2.56 bits per heavy atom. The van der Waals surface area contributed by atoms with Gasteiger partial charge in [0, 0.05) is 29.8 Å². The average Bonchev–Trinajstić information content (AvgIpc) is 2.64. The van der Waals surface area contributed by atoms with Crippen molar-refractivity contribution in [3.63, 3.8) is 0 Å². The highest BCUT2D eigenvalue weighted by Crippen LogP contribution is 2.18. The maximum absolute atomic E-state index is 14.1. The summed E-state index contributed by atoms with van der Waals surface area (Å²) in [6, 6.07) is 14.9. The van der Waals surface area contributed by atoms with Crippen LogP contribution in [0.3, 0.4) is 0 Å². The molecule has 7 heteroatoms. The number of hydrogen-bond donors (Lipinski definition) is 0. The first-order valence-corrected chi connectivity index (χ1v) is 9.02. The van der Waals surface area contributed by atoms with Crippen LogP contribution in [0.1, 0.15) is 21.7 Å². The summed E-state index contributed by atoms with van der Waals surface area (Å²) in [6.07, 6.45) is 0. The lowest BCUT2D eigenvalue weighted by atomic mass is 10.2. The van der Waals surface area contributed by atoms with E-state index in [2.05, 4.69) is 21.0 Å². The Labute approximate surface area is 164 Å². The van der Waals surface area contributed by atoms with Gasteiger partial charge in [-0.2, -0.15) is 5.10 Å². The van der Waals surface area contributed by atoms with Gasteiger partial charge in [0.05, 0.1) is 0 Å². The maximum Gasteiger partial charge on any atom is 0.278 e. The summed E-state index contributed by atoms with van der Waals surface area (Å²) >= 11 is 3.44. The van der Waals surface area contributed by atoms with Crippen LogP contribution in [0.15, 0.2) is 63.9 Å². The molecule has 0 aliphatic heterocycles. The zero-order valence-corrected chi connectivity index (χ0v) is 16.4. The van der Waals surface area contributed by atoms with Crippen LogP contribution in [0.2, 0.25) is 0 Å². The molecule has 0 aliphatic carbocycles. The molecule has 1 heterocycles. The molecular formula is C20H17BrFN3O2. The monoisotopic (exact) mass is 429 g/mol. The SMILES string of the molecule is Cc1cc(=O)c(C(=O)N(C)Cc2ccccc2Br)nn1-c1ccccc1F. The topological polar surface area (TPSA) is 55.2 Å². The molecular weight excluding hydrogens is 413 g/mol. The first-order chi connectivity index (χ1) is 12.9. The fourth-order valence-corrected chi connectivity index (χ4v) is 3.11. The van der Waals surface area contributed by atoms with E-state index in [0.29, 0.717) is 12.2 Å². The van der Waals surface area contributed by atoms with Crippen LogP contribution in [0.4, 0.5) is 4.39 Å². The van der Waals surface area contributed by atoms with Crippen LogP contribution in [0.5, 0.6) is 0 Å². The molecule has 5 nitrogen and oxygen atoms in total. The van der Waals surface area contributed by atoms with Crippen molar-refractivity contribution in [1.29, 1.82) is 0 Å². The fraction of sp³-hybridized carbons (Fsp3) is 0.150. The van der Waals surface area contributed by atoms with Crippen LogP contribution in [0.25, 0.3) is 5.69 Å². The molecule has 0 saturated carbocycles. The molecule has 1 amide bonds. The summed E-state index contributed by atoms with van der Waals surface area (Å²) in [4.78, 5) is 26.6. The number of aryl methyl sites for hydroxylation is 1. The second kappa shape index (κ2) is 7.84. The van der Waals surface area contributed by atoms with Crippen molar-refractivity contribution in [1.82, 2.24) is 14.7 Å². The standard InChI is InChI=1S/C20H17BrFN3O2/c1-13-11-18(26)19(23-25(13)17-10-6-5-9-16(17)22)20(27)24(2)12-14-7-3-4-8-15(14)21/h3-11H,12H2,1-2H3. The van der Waals surface area contributed by atoms with Gasteiger partial charge in [-0.3, -0.25) is 9.59 Å². The second-order valence-corrected chi connectivity index (χ2v) is 6.97. The molecule has 1 aromatic heterocycles. The first-order valence-electron chi connectivity index (χ1n) is 8.23. The van der Waals surface area contributed by atoms with Gasteiger partial charge in [-0.05, 0) is 30.7 Å². The number of rotatable bonds is 4. The van der Waals surface area contributed by atoms with Gasteiger partial charge in [0.25, 0.3) is 5.91 Å². The minimum atomic E-state index is -0.527. The quantitative estimate of drug-likeness (QED) is 0.634. The summed E-state index contributed by atoms with van der Waals surface area (Å²) in [5.74, 6) is -1.02. The number of para-hydroxylation sites is 1. The van der Waals surface area contributed by atoms with Crippen molar-refractivity contribution in [2.24, 2.45) is 0 Å².